The third-order valence-electron chi connectivity index (χ3n) is 3.77. The number of hydrogen-bond donors (Lipinski definition) is 0. The van der Waals surface area contributed by atoms with Crippen LogP contribution in [0.2, 0.25) is 0 Å². The summed E-state index contributed by atoms with van der Waals surface area (Å²) >= 11 is 0. The third kappa shape index (κ3) is 3.07. The summed E-state index contributed by atoms with van der Waals surface area (Å²) in [5.41, 5.74) is 0.822. The molecule has 0 unspecified atom stereocenters. The highest BCUT2D eigenvalue weighted by molar-refractivity contribution is 5.76. The van der Waals surface area contributed by atoms with Crippen LogP contribution < -0.4 is 0 Å². The number of aromatic nitrogens is 5. The van der Waals surface area contributed by atoms with Gasteiger partial charge in [0.25, 0.3) is 0 Å². The molecule has 1 aliphatic rings. The third-order valence-corrected chi connectivity index (χ3v) is 3.77. The predicted molar refractivity (Wildman–Crippen MR) is 76.1 cm³/mol. The van der Waals surface area contributed by atoms with E-state index in [2.05, 4.69) is 27.3 Å². The average molecular weight is 286 g/mol. The molecule has 3 heterocycles. The molecule has 1 amide bonds. The van der Waals surface area contributed by atoms with E-state index in [1.165, 1.54) is 4.80 Å². The molecular formula is C14H18N6O. The number of likely N-dealkylation sites (tertiary alicyclic amines) is 1. The van der Waals surface area contributed by atoms with E-state index in [1.54, 1.807) is 12.4 Å². The maximum absolute atomic E-state index is 12.1. The number of aryl methyl sites for hydroxylation is 1. The second-order valence-electron chi connectivity index (χ2n) is 5.28. The van der Waals surface area contributed by atoms with Crippen molar-refractivity contribution in [1.82, 2.24) is 30.1 Å². The number of carbonyl (C=O) groups excluding carboxylic acids is 1. The van der Waals surface area contributed by atoms with Gasteiger partial charge in [-0.1, -0.05) is 0 Å². The van der Waals surface area contributed by atoms with Crippen LogP contribution in [0.3, 0.4) is 0 Å². The van der Waals surface area contributed by atoms with Crippen LogP contribution >= 0.6 is 0 Å². The number of tetrazole rings is 1. The van der Waals surface area contributed by atoms with E-state index in [1.807, 2.05) is 17.0 Å². The first kappa shape index (κ1) is 13.7. The molecule has 0 bridgehead atoms. The zero-order valence-electron chi connectivity index (χ0n) is 12.0. The van der Waals surface area contributed by atoms with Crippen LogP contribution in [-0.4, -0.2) is 48.6 Å². The van der Waals surface area contributed by atoms with Gasteiger partial charge in [0.1, 0.15) is 0 Å². The van der Waals surface area contributed by atoms with Crippen LogP contribution in [0.4, 0.5) is 0 Å². The quantitative estimate of drug-likeness (QED) is 0.842. The fraction of sp³-hybridized carbons (Fsp3) is 0.500. The Morgan fingerprint density at radius 2 is 2.38 bits per heavy atom. The summed E-state index contributed by atoms with van der Waals surface area (Å²) in [7, 11) is 0. The molecule has 21 heavy (non-hydrogen) atoms. The minimum absolute atomic E-state index is 0.167. The van der Waals surface area contributed by atoms with Gasteiger partial charge in [0.2, 0.25) is 11.7 Å². The molecule has 7 nitrogen and oxygen atoms in total. The summed E-state index contributed by atoms with van der Waals surface area (Å²) < 4.78 is 0. The molecule has 0 N–H and O–H groups in total. The molecule has 110 valence electrons. The first-order valence-corrected chi connectivity index (χ1v) is 7.22. The molecule has 0 saturated carbocycles. The minimum Gasteiger partial charge on any atom is -0.340 e. The molecule has 1 atom stereocenters. The summed E-state index contributed by atoms with van der Waals surface area (Å²) in [5, 5.41) is 12.3. The first-order valence-electron chi connectivity index (χ1n) is 7.22. The van der Waals surface area contributed by atoms with Gasteiger partial charge in [-0.15, -0.1) is 10.2 Å². The van der Waals surface area contributed by atoms with Crippen molar-refractivity contribution in [3.63, 3.8) is 0 Å². The number of amides is 1. The second kappa shape index (κ2) is 5.99. The van der Waals surface area contributed by atoms with Crippen LogP contribution in [-0.2, 0) is 11.3 Å². The van der Waals surface area contributed by atoms with Crippen LogP contribution in [0.25, 0.3) is 11.4 Å². The lowest BCUT2D eigenvalue weighted by Crippen LogP contribution is -2.34. The molecule has 3 rings (SSSR count). The summed E-state index contributed by atoms with van der Waals surface area (Å²) in [5.74, 6) is 0.699. The van der Waals surface area contributed by atoms with Gasteiger partial charge in [-0.25, -0.2) is 0 Å². The molecule has 0 aromatic carbocycles. The minimum atomic E-state index is 0.167. The van der Waals surface area contributed by atoms with Crippen molar-refractivity contribution in [2.45, 2.75) is 38.8 Å². The number of carbonyl (C=O) groups is 1. The van der Waals surface area contributed by atoms with Crippen LogP contribution in [0.1, 0.15) is 26.2 Å². The first-order chi connectivity index (χ1) is 10.2. The fourth-order valence-corrected chi connectivity index (χ4v) is 2.59. The van der Waals surface area contributed by atoms with E-state index < -0.39 is 0 Å². The van der Waals surface area contributed by atoms with Crippen molar-refractivity contribution in [3.8, 4) is 11.4 Å². The highest BCUT2D eigenvalue weighted by Gasteiger charge is 2.24. The van der Waals surface area contributed by atoms with Crippen molar-refractivity contribution in [3.05, 3.63) is 24.5 Å². The van der Waals surface area contributed by atoms with E-state index in [4.69, 9.17) is 0 Å². The van der Waals surface area contributed by atoms with Crippen LogP contribution in [0.5, 0.6) is 0 Å². The highest BCUT2D eigenvalue weighted by Crippen LogP contribution is 2.17. The van der Waals surface area contributed by atoms with E-state index >= 15 is 0 Å². The number of nitrogens with zero attached hydrogens (tertiary/aromatic N) is 6. The Hall–Kier alpha value is -2.31. The van der Waals surface area contributed by atoms with Gasteiger partial charge < -0.3 is 4.90 Å². The molecule has 1 fully saturated rings. The number of hydrogen-bond acceptors (Lipinski definition) is 5. The summed E-state index contributed by atoms with van der Waals surface area (Å²) in [6, 6.07) is 4.06. The van der Waals surface area contributed by atoms with Crippen molar-refractivity contribution >= 4 is 5.91 Å². The summed E-state index contributed by atoms with van der Waals surface area (Å²) in [6.07, 6.45) is 5.99. The van der Waals surface area contributed by atoms with E-state index in [0.717, 1.165) is 24.9 Å². The Morgan fingerprint density at radius 1 is 1.48 bits per heavy atom. The molecule has 2 aromatic heterocycles. The van der Waals surface area contributed by atoms with Crippen molar-refractivity contribution in [1.29, 1.82) is 0 Å². The monoisotopic (exact) mass is 286 g/mol. The van der Waals surface area contributed by atoms with Gasteiger partial charge in [0, 0.05) is 37.0 Å². The van der Waals surface area contributed by atoms with E-state index in [-0.39, 0.29) is 5.91 Å². The lowest BCUT2D eigenvalue weighted by atomic mass is 10.2. The van der Waals surface area contributed by atoms with Crippen LogP contribution in [0, 0.1) is 0 Å². The highest BCUT2D eigenvalue weighted by atomic mass is 16.2. The number of rotatable bonds is 4. The average Bonchev–Trinajstić information content (AvgIpc) is 3.15. The van der Waals surface area contributed by atoms with Gasteiger partial charge in [-0.05, 0) is 37.1 Å². The van der Waals surface area contributed by atoms with Gasteiger partial charge >= 0.3 is 0 Å². The Bertz CT molecular complexity index is 611. The predicted octanol–water partition coefficient (Wildman–Crippen LogP) is 1.14. The molecule has 0 spiro atoms. The van der Waals surface area contributed by atoms with Gasteiger partial charge in [0.15, 0.2) is 0 Å². The largest absolute Gasteiger partial charge is 0.340 e. The molecule has 0 aliphatic carbocycles. The molecular weight excluding hydrogens is 268 g/mol. The molecule has 7 heteroatoms. The number of pyridine rings is 1. The zero-order chi connectivity index (χ0) is 14.7. The Balaban J connectivity index is 1.59. The van der Waals surface area contributed by atoms with Gasteiger partial charge in [-0.2, -0.15) is 4.80 Å². The van der Waals surface area contributed by atoms with E-state index in [0.29, 0.717) is 24.8 Å². The van der Waals surface area contributed by atoms with Gasteiger partial charge in [0.05, 0.1) is 6.54 Å². The standard InChI is InChI=1S/C14H18N6O/c1-11-4-3-8-19(11)13(21)6-9-20-17-14(16-18-20)12-5-2-7-15-10-12/h2,5,7,10-11H,3-4,6,8-9H2,1H3/t11-/m1/s1. The molecule has 0 radical (unpaired) electrons. The topological polar surface area (TPSA) is 76.8 Å². The normalized spacial score (nSPS) is 18.1. The molecule has 1 saturated heterocycles. The SMILES string of the molecule is C[C@@H]1CCCN1C(=O)CCn1nnc(-c2cccnc2)n1. The Labute approximate surface area is 123 Å². The van der Waals surface area contributed by atoms with Crippen molar-refractivity contribution in [2.75, 3.05) is 6.54 Å². The molecule has 2 aromatic rings. The Morgan fingerprint density at radius 3 is 3.10 bits per heavy atom. The van der Waals surface area contributed by atoms with Crippen molar-refractivity contribution < 1.29 is 4.79 Å². The smallest absolute Gasteiger partial charge is 0.224 e. The molecule has 1 aliphatic heterocycles. The summed E-state index contributed by atoms with van der Waals surface area (Å²) in [4.78, 5) is 19.6. The maximum Gasteiger partial charge on any atom is 0.224 e. The van der Waals surface area contributed by atoms with Crippen LogP contribution in [0.15, 0.2) is 24.5 Å². The van der Waals surface area contributed by atoms with Gasteiger partial charge in [-0.3, -0.25) is 9.78 Å². The Kier molecular flexibility index (Phi) is 3.89. The summed E-state index contributed by atoms with van der Waals surface area (Å²) in [6.45, 7) is 3.42. The lowest BCUT2D eigenvalue weighted by molar-refractivity contribution is -0.132. The zero-order valence-corrected chi connectivity index (χ0v) is 12.0. The van der Waals surface area contributed by atoms with Crippen molar-refractivity contribution in [2.24, 2.45) is 0 Å². The second-order valence-corrected chi connectivity index (χ2v) is 5.28. The lowest BCUT2D eigenvalue weighted by Gasteiger charge is -2.21. The maximum atomic E-state index is 12.1. The fourth-order valence-electron chi connectivity index (χ4n) is 2.59. The van der Waals surface area contributed by atoms with E-state index in [9.17, 15) is 4.79 Å².